The lowest BCUT2D eigenvalue weighted by Crippen LogP contribution is -2.04. The molecule has 2 aromatic rings. The second-order valence-electron chi connectivity index (χ2n) is 4.78. The van der Waals surface area contributed by atoms with Crippen LogP contribution in [0.25, 0.3) is 0 Å². The number of alkyl halides is 3. The van der Waals surface area contributed by atoms with E-state index in [0.717, 1.165) is 18.2 Å². The molecule has 0 aliphatic carbocycles. The van der Waals surface area contributed by atoms with Gasteiger partial charge in [0, 0.05) is 17.5 Å². The first-order valence-corrected chi connectivity index (χ1v) is 7.39. The highest BCUT2D eigenvalue weighted by Crippen LogP contribution is 2.37. The maximum Gasteiger partial charge on any atom is 0.416 e. The van der Waals surface area contributed by atoms with Crippen LogP contribution in [-0.2, 0) is 22.3 Å². The van der Waals surface area contributed by atoms with Gasteiger partial charge in [-0.15, -0.1) is 0 Å². The van der Waals surface area contributed by atoms with Gasteiger partial charge in [0.15, 0.2) is 0 Å². The van der Waals surface area contributed by atoms with E-state index in [1.54, 1.807) is 0 Å². The van der Waals surface area contributed by atoms with Gasteiger partial charge in [-0.1, -0.05) is 23.2 Å². The first-order chi connectivity index (χ1) is 11.2. The lowest BCUT2D eigenvalue weighted by molar-refractivity contribution is -0.142. The van der Waals surface area contributed by atoms with Crippen molar-refractivity contribution in [2.45, 2.75) is 19.7 Å². The maximum absolute atomic E-state index is 12.6. The summed E-state index contributed by atoms with van der Waals surface area (Å²) in [6.07, 6.45) is -4.49. The van der Waals surface area contributed by atoms with Crippen LogP contribution >= 0.6 is 23.2 Å². The standard InChI is InChI=1S/C16H11Cl2F3O3/c1-9(22)23-8-10-6-12(3-4-13(10)17)24-15-5-2-11(7-14(15)18)16(19,20)21/h2-7H,8H2,1H3. The monoisotopic (exact) mass is 378 g/mol. The van der Waals surface area contributed by atoms with Gasteiger partial charge in [0.25, 0.3) is 0 Å². The number of esters is 1. The summed E-state index contributed by atoms with van der Waals surface area (Å²) in [7, 11) is 0. The summed E-state index contributed by atoms with van der Waals surface area (Å²) in [6.45, 7) is 1.21. The van der Waals surface area contributed by atoms with Crippen LogP contribution in [0.2, 0.25) is 10.0 Å². The van der Waals surface area contributed by atoms with Crippen LogP contribution in [0.5, 0.6) is 11.5 Å². The highest BCUT2D eigenvalue weighted by Gasteiger charge is 2.31. The molecule has 0 bridgehead atoms. The third kappa shape index (κ3) is 4.79. The molecular formula is C16H11Cl2F3O3. The van der Waals surface area contributed by atoms with Gasteiger partial charge in [-0.2, -0.15) is 13.2 Å². The van der Waals surface area contributed by atoms with Crippen molar-refractivity contribution in [3.63, 3.8) is 0 Å². The van der Waals surface area contributed by atoms with E-state index in [1.807, 2.05) is 0 Å². The summed E-state index contributed by atoms with van der Waals surface area (Å²) in [5, 5.41) is 0.184. The molecule has 2 rings (SSSR count). The SMILES string of the molecule is CC(=O)OCc1cc(Oc2ccc(C(F)(F)F)cc2Cl)ccc1Cl. The minimum atomic E-state index is -4.49. The van der Waals surface area contributed by atoms with Gasteiger partial charge in [0.2, 0.25) is 0 Å². The Bertz CT molecular complexity index is 761. The third-order valence-corrected chi connectivity index (χ3v) is 3.60. The fourth-order valence-corrected chi connectivity index (χ4v) is 2.18. The van der Waals surface area contributed by atoms with Crippen molar-refractivity contribution in [3.8, 4) is 11.5 Å². The maximum atomic E-state index is 12.6. The van der Waals surface area contributed by atoms with Crippen LogP contribution in [0.3, 0.4) is 0 Å². The molecule has 0 aliphatic rings. The normalized spacial score (nSPS) is 11.2. The summed E-state index contributed by atoms with van der Waals surface area (Å²) in [4.78, 5) is 10.9. The van der Waals surface area contributed by atoms with Gasteiger partial charge in [-0.3, -0.25) is 4.79 Å². The Morgan fingerprint density at radius 2 is 1.79 bits per heavy atom. The number of halogens is 5. The number of carbonyl (C=O) groups excluding carboxylic acids is 1. The minimum absolute atomic E-state index is 0.0495. The molecule has 0 amide bonds. The molecule has 3 nitrogen and oxygen atoms in total. The average Bonchev–Trinajstić information content (AvgIpc) is 2.48. The molecule has 0 saturated carbocycles. The van der Waals surface area contributed by atoms with Gasteiger partial charge in [0.05, 0.1) is 10.6 Å². The molecule has 0 unspecified atom stereocenters. The highest BCUT2D eigenvalue weighted by molar-refractivity contribution is 6.32. The van der Waals surface area contributed by atoms with Gasteiger partial charge in [-0.25, -0.2) is 0 Å². The fourth-order valence-electron chi connectivity index (χ4n) is 1.79. The minimum Gasteiger partial charge on any atom is -0.461 e. The van der Waals surface area contributed by atoms with Crippen LogP contribution < -0.4 is 4.74 Å². The number of hydrogen-bond acceptors (Lipinski definition) is 3. The predicted octanol–water partition coefficient (Wildman–Crippen LogP) is 5.87. The molecule has 24 heavy (non-hydrogen) atoms. The Morgan fingerprint density at radius 1 is 1.08 bits per heavy atom. The fraction of sp³-hybridized carbons (Fsp3) is 0.188. The van der Waals surface area contributed by atoms with E-state index < -0.39 is 17.7 Å². The molecule has 0 heterocycles. The van der Waals surface area contributed by atoms with E-state index in [0.29, 0.717) is 16.3 Å². The van der Waals surface area contributed by atoms with Crippen LogP contribution in [-0.4, -0.2) is 5.97 Å². The smallest absolute Gasteiger partial charge is 0.416 e. The van der Waals surface area contributed by atoms with Crippen molar-refractivity contribution in [1.29, 1.82) is 0 Å². The van der Waals surface area contributed by atoms with E-state index in [4.69, 9.17) is 32.7 Å². The number of rotatable bonds is 4. The molecule has 0 aromatic heterocycles. The predicted molar refractivity (Wildman–Crippen MR) is 83.5 cm³/mol. The number of hydrogen-bond donors (Lipinski definition) is 0. The van der Waals surface area contributed by atoms with Crippen LogP contribution in [0.4, 0.5) is 13.2 Å². The van der Waals surface area contributed by atoms with Crippen molar-refractivity contribution in [2.75, 3.05) is 0 Å². The number of ether oxygens (including phenoxy) is 2. The lowest BCUT2D eigenvalue weighted by Gasteiger charge is -2.12. The molecule has 0 atom stereocenters. The zero-order valence-corrected chi connectivity index (χ0v) is 13.8. The second kappa shape index (κ2) is 7.32. The molecule has 2 aromatic carbocycles. The largest absolute Gasteiger partial charge is 0.461 e. The van der Waals surface area contributed by atoms with Gasteiger partial charge >= 0.3 is 12.1 Å². The molecule has 128 valence electrons. The van der Waals surface area contributed by atoms with Crippen molar-refractivity contribution >= 4 is 29.2 Å². The number of carbonyl (C=O) groups is 1. The Balaban J connectivity index is 2.22. The van der Waals surface area contributed by atoms with E-state index in [1.165, 1.54) is 25.1 Å². The van der Waals surface area contributed by atoms with Gasteiger partial charge < -0.3 is 9.47 Å². The van der Waals surface area contributed by atoms with Gasteiger partial charge in [0.1, 0.15) is 18.1 Å². The van der Waals surface area contributed by atoms with E-state index in [2.05, 4.69) is 0 Å². The topological polar surface area (TPSA) is 35.5 Å². The molecule has 0 saturated heterocycles. The zero-order valence-electron chi connectivity index (χ0n) is 12.3. The van der Waals surface area contributed by atoms with Crippen molar-refractivity contribution < 1.29 is 27.4 Å². The average molecular weight is 379 g/mol. The van der Waals surface area contributed by atoms with Crippen molar-refractivity contribution in [2.24, 2.45) is 0 Å². The van der Waals surface area contributed by atoms with Crippen LogP contribution in [0, 0.1) is 0 Å². The van der Waals surface area contributed by atoms with E-state index in [9.17, 15) is 18.0 Å². The number of benzene rings is 2. The molecule has 0 spiro atoms. The zero-order chi connectivity index (χ0) is 17.9. The molecular weight excluding hydrogens is 368 g/mol. The van der Waals surface area contributed by atoms with Crippen LogP contribution in [0.15, 0.2) is 36.4 Å². The first kappa shape index (κ1) is 18.4. The summed E-state index contributed by atoms with van der Waals surface area (Å²) >= 11 is 11.8. The molecule has 0 N–H and O–H groups in total. The first-order valence-electron chi connectivity index (χ1n) is 6.63. The van der Waals surface area contributed by atoms with Crippen molar-refractivity contribution in [1.82, 2.24) is 0 Å². The van der Waals surface area contributed by atoms with Crippen molar-refractivity contribution in [3.05, 3.63) is 57.6 Å². The van der Waals surface area contributed by atoms with E-state index >= 15 is 0 Å². The van der Waals surface area contributed by atoms with E-state index in [-0.39, 0.29) is 17.4 Å². The second-order valence-corrected chi connectivity index (χ2v) is 5.59. The quantitative estimate of drug-likeness (QED) is 0.624. The summed E-state index contributed by atoms with van der Waals surface area (Å²) < 4.78 is 48.2. The summed E-state index contributed by atoms with van der Waals surface area (Å²) in [5.74, 6) is -0.114. The highest BCUT2D eigenvalue weighted by atomic mass is 35.5. The molecule has 0 aliphatic heterocycles. The summed E-state index contributed by atoms with van der Waals surface area (Å²) in [6, 6.07) is 7.34. The Labute approximate surface area is 145 Å². The third-order valence-electron chi connectivity index (χ3n) is 2.94. The van der Waals surface area contributed by atoms with Gasteiger partial charge in [-0.05, 0) is 36.4 Å². The summed E-state index contributed by atoms with van der Waals surface area (Å²) in [5.41, 5.74) is -0.376. The lowest BCUT2D eigenvalue weighted by atomic mass is 10.2. The Hall–Kier alpha value is -1.92. The Morgan fingerprint density at radius 3 is 2.38 bits per heavy atom. The molecule has 0 fully saturated rings. The van der Waals surface area contributed by atoms with Crippen LogP contribution in [0.1, 0.15) is 18.1 Å². The Kier molecular flexibility index (Phi) is 5.62. The molecule has 0 radical (unpaired) electrons. The molecule has 8 heteroatoms.